The van der Waals surface area contributed by atoms with Crippen molar-refractivity contribution in [3.8, 4) is 34.4 Å². The number of halogens is 1. The Morgan fingerprint density at radius 3 is 2.48 bits per heavy atom. The highest BCUT2D eigenvalue weighted by atomic mass is 19.1. The number of benzene rings is 3. The highest BCUT2D eigenvalue weighted by molar-refractivity contribution is 6.01. The van der Waals surface area contributed by atoms with E-state index in [-0.39, 0.29) is 17.0 Å². The van der Waals surface area contributed by atoms with Crippen LogP contribution in [0.1, 0.15) is 27.0 Å². The Balaban J connectivity index is 2.03. The SMILES string of the molecule is N#Cc1cccc(-c2cc3c(cc2-c2cccc(C#N)c2F)C(=O)NC3)c1. The number of carbonyl (C=O) groups excluding carboxylic acids is 1. The van der Waals surface area contributed by atoms with Gasteiger partial charge in [0.05, 0.1) is 17.2 Å². The summed E-state index contributed by atoms with van der Waals surface area (Å²) in [5, 5.41) is 21.1. The molecule has 27 heavy (non-hydrogen) atoms. The lowest BCUT2D eigenvalue weighted by atomic mass is 9.89. The topological polar surface area (TPSA) is 76.7 Å². The van der Waals surface area contributed by atoms with E-state index in [0.29, 0.717) is 28.8 Å². The molecule has 1 aliphatic rings. The second-order valence-corrected chi connectivity index (χ2v) is 6.21. The van der Waals surface area contributed by atoms with Crippen LogP contribution in [0.25, 0.3) is 22.3 Å². The molecule has 0 fully saturated rings. The predicted molar refractivity (Wildman–Crippen MR) is 97.9 cm³/mol. The summed E-state index contributed by atoms with van der Waals surface area (Å²) in [4.78, 5) is 12.1. The summed E-state index contributed by atoms with van der Waals surface area (Å²) in [6, 6.07) is 19.1. The van der Waals surface area contributed by atoms with E-state index in [1.807, 2.05) is 18.2 Å². The summed E-state index contributed by atoms with van der Waals surface area (Å²) < 4.78 is 14.9. The Bertz CT molecular complexity index is 1190. The third-order valence-electron chi connectivity index (χ3n) is 4.64. The van der Waals surface area contributed by atoms with Crippen molar-refractivity contribution in [2.45, 2.75) is 6.54 Å². The minimum atomic E-state index is -0.629. The molecule has 0 bridgehead atoms. The number of nitrogens with zero attached hydrogens (tertiary/aromatic N) is 2. The van der Waals surface area contributed by atoms with Crippen LogP contribution in [0.15, 0.2) is 54.6 Å². The van der Waals surface area contributed by atoms with Crippen LogP contribution >= 0.6 is 0 Å². The van der Waals surface area contributed by atoms with E-state index >= 15 is 0 Å². The van der Waals surface area contributed by atoms with Crippen molar-refractivity contribution < 1.29 is 9.18 Å². The van der Waals surface area contributed by atoms with Crippen molar-refractivity contribution in [1.29, 1.82) is 10.5 Å². The molecule has 0 aromatic heterocycles. The molecule has 128 valence electrons. The average molecular weight is 353 g/mol. The Hall–Kier alpha value is -3.96. The van der Waals surface area contributed by atoms with Gasteiger partial charge in [-0.3, -0.25) is 4.79 Å². The van der Waals surface area contributed by atoms with Gasteiger partial charge in [-0.1, -0.05) is 24.3 Å². The predicted octanol–water partition coefficient (Wildman–Crippen LogP) is 4.15. The smallest absolute Gasteiger partial charge is 0.251 e. The maximum atomic E-state index is 14.9. The molecule has 0 unspecified atom stereocenters. The van der Waals surface area contributed by atoms with Crippen LogP contribution in [-0.4, -0.2) is 5.91 Å². The van der Waals surface area contributed by atoms with E-state index in [4.69, 9.17) is 5.26 Å². The molecule has 1 amide bonds. The molecule has 3 aromatic rings. The minimum absolute atomic E-state index is 0.0609. The number of hydrogen-bond acceptors (Lipinski definition) is 3. The van der Waals surface area contributed by atoms with Gasteiger partial charge in [0.25, 0.3) is 5.91 Å². The average Bonchev–Trinajstić information content (AvgIpc) is 3.07. The lowest BCUT2D eigenvalue weighted by Crippen LogP contribution is -2.12. The van der Waals surface area contributed by atoms with Gasteiger partial charge in [-0.15, -0.1) is 0 Å². The molecule has 5 heteroatoms. The van der Waals surface area contributed by atoms with Gasteiger partial charge in [-0.25, -0.2) is 4.39 Å². The van der Waals surface area contributed by atoms with Gasteiger partial charge in [0.2, 0.25) is 0 Å². The van der Waals surface area contributed by atoms with E-state index in [1.54, 1.807) is 36.4 Å². The molecule has 1 heterocycles. The maximum absolute atomic E-state index is 14.9. The van der Waals surface area contributed by atoms with E-state index in [9.17, 15) is 14.4 Å². The molecule has 0 atom stereocenters. The van der Waals surface area contributed by atoms with Crippen LogP contribution in [0.4, 0.5) is 4.39 Å². The summed E-state index contributed by atoms with van der Waals surface area (Å²) in [6.45, 7) is 0.403. The highest BCUT2D eigenvalue weighted by Gasteiger charge is 2.24. The Morgan fingerprint density at radius 1 is 0.889 bits per heavy atom. The molecule has 0 saturated carbocycles. The number of amides is 1. The summed E-state index contributed by atoms with van der Waals surface area (Å²) >= 11 is 0. The Morgan fingerprint density at radius 2 is 1.70 bits per heavy atom. The molecule has 1 N–H and O–H groups in total. The van der Waals surface area contributed by atoms with Gasteiger partial charge in [0.1, 0.15) is 11.9 Å². The highest BCUT2D eigenvalue weighted by Crippen LogP contribution is 2.38. The second-order valence-electron chi connectivity index (χ2n) is 6.21. The molecule has 0 saturated heterocycles. The van der Waals surface area contributed by atoms with Crippen molar-refractivity contribution in [3.05, 3.63) is 82.7 Å². The maximum Gasteiger partial charge on any atom is 0.251 e. The van der Waals surface area contributed by atoms with E-state index < -0.39 is 5.82 Å². The fourth-order valence-corrected chi connectivity index (χ4v) is 3.32. The normalized spacial score (nSPS) is 12.0. The Kier molecular flexibility index (Phi) is 3.91. The quantitative estimate of drug-likeness (QED) is 0.752. The second kappa shape index (κ2) is 6.40. The van der Waals surface area contributed by atoms with Gasteiger partial charge in [0, 0.05) is 17.7 Å². The number of rotatable bonds is 2. The third kappa shape index (κ3) is 2.72. The largest absolute Gasteiger partial charge is 0.348 e. The summed E-state index contributed by atoms with van der Waals surface area (Å²) in [6.07, 6.45) is 0. The molecule has 4 nitrogen and oxygen atoms in total. The molecule has 3 aromatic carbocycles. The van der Waals surface area contributed by atoms with Crippen molar-refractivity contribution in [1.82, 2.24) is 5.32 Å². The first-order valence-electron chi connectivity index (χ1n) is 8.27. The lowest BCUT2D eigenvalue weighted by molar-refractivity contribution is 0.0966. The van der Waals surface area contributed by atoms with Gasteiger partial charge < -0.3 is 5.32 Å². The van der Waals surface area contributed by atoms with Crippen molar-refractivity contribution in [2.75, 3.05) is 0 Å². The number of nitriles is 2. The molecule has 1 aliphatic heterocycles. The van der Waals surface area contributed by atoms with E-state index in [0.717, 1.165) is 11.1 Å². The van der Waals surface area contributed by atoms with Crippen LogP contribution in [0.2, 0.25) is 0 Å². The lowest BCUT2D eigenvalue weighted by Gasteiger charge is -2.14. The summed E-state index contributed by atoms with van der Waals surface area (Å²) in [7, 11) is 0. The zero-order valence-electron chi connectivity index (χ0n) is 14.1. The van der Waals surface area contributed by atoms with E-state index in [2.05, 4.69) is 11.4 Å². The van der Waals surface area contributed by atoms with Crippen LogP contribution < -0.4 is 5.32 Å². The molecule has 4 rings (SSSR count). The fraction of sp³-hybridized carbons (Fsp3) is 0.0455. The van der Waals surface area contributed by atoms with Crippen LogP contribution in [0, 0.1) is 28.5 Å². The van der Waals surface area contributed by atoms with Gasteiger partial charge >= 0.3 is 0 Å². The van der Waals surface area contributed by atoms with Crippen LogP contribution in [0.5, 0.6) is 0 Å². The molecule has 0 spiro atoms. The van der Waals surface area contributed by atoms with Crippen LogP contribution in [0.3, 0.4) is 0 Å². The third-order valence-corrected chi connectivity index (χ3v) is 4.64. The van der Waals surface area contributed by atoms with E-state index in [1.165, 1.54) is 6.07 Å². The molecule has 0 aliphatic carbocycles. The van der Waals surface area contributed by atoms with Crippen LogP contribution in [-0.2, 0) is 6.54 Å². The number of hydrogen-bond donors (Lipinski definition) is 1. The zero-order valence-corrected chi connectivity index (χ0v) is 14.1. The fourth-order valence-electron chi connectivity index (χ4n) is 3.32. The standard InChI is InChI=1S/C22H12FN3O/c23-21-15(11-25)5-2-6-17(21)20-9-19-16(12-26-22(19)27)8-18(20)14-4-1-3-13(7-14)10-24/h1-9H,12H2,(H,26,27). The summed E-state index contributed by atoms with van der Waals surface area (Å²) in [5.41, 5.74) is 3.94. The molecular formula is C22H12FN3O. The zero-order chi connectivity index (χ0) is 19.0. The first-order chi connectivity index (χ1) is 13.1. The Labute approximate surface area is 155 Å². The van der Waals surface area contributed by atoms with Crippen molar-refractivity contribution in [3.63, 3.8) is 0 Å². The number of nitrogens with one attached hydrogen (secondary N) is 1. The van der Waals surface area contributed by atoms with Gasteiger partial charge in [-0.2, -0.15) is 10.5 Å². The molecule has 0 radical (unpaired) electrons. The number of carbonyl (C=O) groups is 1. The van der Waals surface area contributed by atoms with Gasteiger partial charge in [-0.05, 0) is 52.6 Å². The molecular weight excluding hydrogens is 341 g/mol. The van der Waals surface area contributed by atoms with Gasteiger partial charge in [0.15, 0.2) is 0 Å². The van der Waals surface area contributed by atoms with Crippen molar-refractivity contribution in [2.24, 2.45) is 0 Å². The summed E-state index contributed by atoms with van der Waals surface area (Å²) in [5.74, 6) is -0.837. The van der Waals surface area contributed by atoms with Crippen molar-refractivity contribution >= 4 is 5.91 Å². The number of fused-ring (bicyclic) bond motifs is 1. The minimum Gasteiger partial charge on any atom is -0.348 e. The first-order valence-corrected chi connectivity index (χ1v) is 8.27. The first kappa shape index (κ1) is 16.5. The monoisotopic (exact) mass is 353 g/mol.